The van der Waals surface area contributed by atoms with E-state index in [1.807, 2.05) is 0 Å². The van der Waals surface area contributed by atoms with E-state index in [1.54, 1.807) is 0 Å². The molecule has 14 heavy (non-hydrogen) atoms. The first-order valence-electron chi connectivity index (χ1n) is 3.47. The van der Waals surface area contributed by atoms with Gasteiger partial charge in [-0.05, 0) is 28.1 Å². The summed E-state index contributed by atoms with van der Waals surface area (Å²) < 4.78 is 37.0. The van der Waals surface area contributed by atoms with Crippen LogP contribution >= 0.6 is 15.9 Å². The van der Waals surface area contributed by atoms with Crippen LogP contribution in [0, 0.1) is 0 Å². The third-order valence-electron chi connectivity index (χ3n) is 1.59. The Bertz CT molecular complexity index is 376. The number of rotatable bonds is 1. The van der Waals surface area contributed by atoms with Crippen molar-refractivity contribution in [2.75, 3.05) is 5.73 Å². The van der Waals surface area contributed by atoms with Crippen molar-refractivity contribution >= 4 is 27.9 Å². The fourth-order valence-electron chi connectivity index (χ4n) is 0.941. The molecule has 6 heteroatoms. The van der Waals surface area contributed by atoms with Gasteiger partial charge >= 0.3 is 6.18 Å². The standard InChI is InChI=1S/C8H5BrF3NO/c9-6-2-4(3-14)1-5(7(6)13)8(10,11)12/h1-3H,13H2. The monoisotopic (exact) mass is 267 g/mol. The molecule has 0 aromatic heterocycles. The Balaban J connectivity index is 3.42. The third-order valence-corrected chi connectivity index (χ3v) is 2.25. The van der Waals surface area contributed by atoms with Crippen LogP contribution in [-0.2, 0) is 6.18 Å². The summed E-state index contributed by atoms with van der Waals surface area (Å²) in [5.74, 6) is 0. The summed E-state index contributed by atoms with van der Waals surface area (Å²) >= 11 is 2.85. The first kappa shape index (κ1) is 11.0. The molecular formula is C8H5BrF3NO. The number of nitrogen functional groups attached to an aromatic ring is 1. The summed E-state index contributed by atoms with van der Waals surface area (Å²) in [5.41, 5.74) is 3.72. The first-order chi connectivity index (χ1) is 6.36. The molecule has 0 radical (unpaired) electrons. The summed E-state index contributed by atoms with van der Waals surface area (Å²) in [4.78, 5) is 10.3. The van der Waals surface area contributed by atoms with E-state index in [0.717, 1.165) is 0 Å². The quantitative estimate of drug-likeness (QED) is 0.628. The van der Waals surface area contributed by atoms with Gasteiger partial charge in [-0.2, -0.15) is 13.2 Å². The van der Waals surface area contributed by atoms with Crippen LogP contribution in [0.15, 0.2) is 16.6 Å². The van der Waals surface area contributed by atoms with Crippen LogP contribution < -0.4 is 5.73 Å². The summed E-state index contributed by atoms with van der Waals surface area (Å²) in [6, 6.07) is 1.95. The van der Waals surface area contributed by atoms with Gasteiger partial charge < -0.3 is 5.73 Å². The molecule has 0 aliphatic rings. The Hall–Kier alpha value is -1.04. The molecule has 0 heterocycles. The second-order valence-corrected chi connectivity index (χ2v) is 3.43. The van der Waals surface area contributed by atoms with Crippen molar-refractivity contribution in [3.63, 3.8) is 0 Å². The molecule has 0 aliphatic heterocycles. The lowest BCUT2D eigenvalue weighted by Crippen LogP contribution is -2.10. The van der Waals surface area contributed by atoms with E-state index in [1.165, 1.54) is 6.07 Å². The number of hydrogen-bond acceptors (Lipinski definition) is 2. The maximum absolute atomic E-state index is 12.3. The number of alkyl halides is 3. The maximum Gasteiger partial charge on any atom is 0.418 e. The van der Waals surface area contributed by atoms with E-state index < -0.39 is 17.4 Å². The SMILES string of the molecule is Nc1c(Br)cc(C=O)cc1C(F)(F)F. The Kier molecular flexibility index (Phi) is 2.84. The minimum atomic E-state index is -4.55. The van der Waals surface area contributed by atoms with E-state index in [9.17, 15) is 18.0 Å². The number of hydrogen-bond donors (Lipinski definition) is 1. The van der Waals surface area contributed by atoms with Gasteiger partial charge in [0.2, 0.25) is 0 Å². The van der Waals surface area contributed by atoms with Crippen LogP contribution in [0.5, 0.6) is 0 Å². The predicted molar refractivity (Wildman–Crippen MR) is 48.9 cm³/mol. The highest BCUT2D eigenvalue weighted by molar-refractivity contribution is 9.10. The predicted octanol–water partition coefficient (Wildman–Crippen LogP) is 2.86. The molecule has 1 aromatic carbocycles. The van der Waals surface area contributed by atoms with Gasteiger partial charge in [0.1, 0.15) is 6.29 Å². The Morgan fingerprint density at radius 1 is 1.36 bits per heavy atom. The third kappa shape index (κ3) is 2.06. The van der Waals surface area contributed by atoms with E-state index in [-0.39, 0.29) is 10.0 Å². The van der Waals surface area contributed by atoms with Crippen molar-refractivity contribution in [1.29, 1.82) is 0 Å². The molecule has 0 fully saturated rings. The summed E-state index contributed by atoms with van der Waals surface area (Å²) in [6.07, 6.45) is -4.22. The lowest BCUT2D eigenvalue weighted by molar-refractivity contribution is -0.136. The van der Waals surface area contributed by atoms with E-state index in [2.05, 4.69) is 15.9 Å². The molecular weight excluding hydrogens is 263 g/mol. The van der Waals surface area contributed by atoms with Crippen LogP contribution in [-0.4, -0.2) is 6.29 Å². The lowest BCUT2D eigenvalue weighted by Gasteiger charge is -2.11. The highest BCUT2D eigenvalue weighted by Gasteiger charge is 2.34. The number of halogens is 4. The second-order valence-electron chi connectivity index (χ2n) is 2.58. The zero-order valence-corrected chi connectivity index (χ0v) is 8.32. The number of aldehydes is 1. The van der Waals surface area contributed by atoms with E-state index >= 15 is 0 Å². The number of carbonyl (C=O) groups excluding carboxylic acids is 1. The smallest absolute Gasteiger partial charge is 0.397 e. The van der Waals surface area contributed by atoms with Crippen LogP contribution in [0.25, 0.3) is 0 Å². The van der Waals surface area contributed by atoms with Crippen LogP contribution in [0.4, 0.5) is 18.9 Å². The zero-order valence-electron chi connectivity index (χ0n) is 6.73. The van der Waals surface area contributed by atoms with Gasteiger partial charge in [0.15, 0.2) is 0 Å². The van der Waals surface area contributed by atoms with Gasteiger partial charge in [-0.25, -0.2) is 0 Å². The van der Waals surface area contributed by atoms with Crippen molar-refractivity contribution in [1.82, 2.24) is 0 Å². The highest BCUT2D eigenvalue weighted by Crippen LogP contribution is 2.37. The van der Waals surface area contributed by atoms with Gasteiger partial charge in [0.05, 0.1) is 11.3 Å². The molecule has 0 amide bonds. The molecule has 76 valence electrons. The molecule has 1 aromatic rings. The molecule has 1 rings (SSSR count). The maximum atomic E-state index is 12.3. The fourth-order valence-corrected chi connectivity index (χ4v) is 1.42. The van der Waals surface area contributed by atoms with Crippen LogP contribution in [0.2, 0.25) is 0 Å². The Morgan fingerprint density at radius 2 is 1.93 bits per heavy atom. The largest absolute Gasteiger partial charge is 0.418 e. The normalized spacial score (nSPS) is 11.4. The minimum absolute atomic E-state index is 0.0643. The molecule has 0 bridgehead atoms. The van der Waals surface area contributed by atoms with Crippen molar-refractivity contribution in [2.24, 2.45) is 0 Å². The summed E-state index contributed by atoms with van der Waals surface area (Å²) in [5, 5.41) is 0. The summed E-state index contributed by atoms with van der Waals surface area (Å²) in [7, 11) is 0. The van der Waals surface area contributed by atoms with Crippen molar-refractivity contribution in [3.05, 3.63) is 27.7 Å². The van der Waals surface area contributed by atoms with Gasteiger partial charge in [-0.15, -0.1) is 0 Å². The average Bonchev–Trinajstić information content (AvgIpc) is 2.07. The second kappa shape index (κ2) is 3.61. The van der Waals surface area contributed by atoms with Gasteiger partial charge in [0.25, 0.3) is 0 Å². The number of benzene rings is 1. The lowest BCUT2D eigenvalue weighted by atomic mass is 10.1. The average molecular weight is 268 g/mol. The van der Waals surface area contributed by atoms with Crippen LogP contribution in [0.1, 0.15) is 15.9 Å². The summed E-state index contributed by atoms with van der Waals surface area (Å²) in [6.45, 7) is 0. The Labute approximate surface area is 86.0 Å². The highest BCUT2D eigenvalue weighted by atomic mass is 79.9. The number of carbonyl (C=O) groups is 1. The topological polar surface area (TPSA) is 43.1 Å². The first-order valence-corrected chi connectivity index (χ1v) is 4.27. The van der Waals surface area contributed by atoms with Crippen LogP contribution in [0.3, 0.4) is 0 Å². The molecule has 0 saturated heterocycles. The molecule has 0 saturated carbocycles. The van der Waals surface area contributed by atoms with Gasteiger partial charge in [0, 0.05) is 10.0 Å². The van der Waals surface area contributed by atoms with Crippen molar-refractivity contribution in [2.45, 2.75) is 6.18 Å². The molecule has 0 unspecified atom stereocenters. The van der Waals surface area contributed by atoms with Crippen molar-refractivity contribution in [3.8, 4) is 0 Å². The molecule has 0 spiro atoms. The number of anilines is 1. The van der Waals surface area contributed by atoms with E-state index in [0.29, 0.717) is 12.4 Å². The number of nitrogens with two attached hydrogens (primary N) is 1. The van der Waals surface area contributed by atoms with Crippen molar-refractivity contribution < 1.29 is 18.0 Å². The fraction of sp³-hybridized carbons (Fsp3) is 0.125. The van der Waals surface area contributed by atoms with E-state index in [4.69, 9.17) is 5.73 Å². The molecule has 0 aliphatic carbocycles. The molecule has 0 atom stereocenters. The van der Waals surface area contributed by atoms with Gasteiger partial charge in [-0.3, -0.25) is 4.79 Å². The molecule has 2 N–H and O–H groups in total. The Morgan fingerprint density at radius 3 is 2.36 bits per heavy atom. The van der Waals surface area contributed by atoms with Gasteiger partial charge in [-0.1, -0.05) is 0 Å². The zero-order chi connectivity index (χ0) is 10.9. The minimum Gasteiger partial charge on any atom is -0.397 e. The molecule has 2 nitrogen and oxygen atoms in total.